The molecular weight excluding hydrogens is 545 g/mol. The Bertz CT molecular complexity index is 1120. The van der Waals surface area contributed by atoms with Crippen molar-refractivity contribution in [3.8, 4) is 0 Å². The van der Waals surface area contributed by atoms with E-state index < -0.39 is 69.3 Å². The number of carbonyl (C=O) groups is 2. The van der Waals surface area contributed by atoms with Crippen LogP contribution in [0.4, 0.5) is 35.1 Å². The molecule has 36 heavy (non-hydrogen) atoms. The number of benzene rings is 2. The minimum atomic E-state index is -4.82. The van der Waals surface area contributed by atoms with E-state index in [0.29, 0.717) is 6.08 Å². The molecule has 0 heterocycles. The van der Waals surface area contributed by atoms with Gasteiger partial charge in [0.1, 0.15) is 12.4 Å². The summed E-state index contributed by atoms with van der Waals surface area (Å²) in [6, 6.07) is 4.59. The van der Waals surface area contributed by atoms with Gasteiger partial charge in [0.2, 0.25) is 5.91 Å². The predicted molar refractivity (Wildman–Crippen MR) is 118 cm³/mol. The molecule has 2 rings (SSSR count). The summed E-state index contributed by atoms with van der Waals surface area (Å²) >= 11 is 11.2. The van der Waals surface area contributed by atoms with Crippen molar-refractivity contribution in [1.29, 1.82) is 0 Å². The highest BCUT2D eigenvalue weighted by atomic mass is 35.5. The van der Waals surface area contributed by atoms with Gasteiger partial charge in [-0.25, -0.2) is 8.78 Å². The number of nitrogens with one attached hydrogen (secondary N) is 1. The van der Waals surface area contributed by atoms with Gasteiger partial charge in [-0.15, -0.1) is 0 Å². The lowest BCUT2D eigenvalue weighted by Gasteiger charge is -2.18. The Hall–Kier alpha value is -2.66. The van der Waals surface area contributed by atoms with Crippen molar-refractivity contribution in [1.82, 2.24) is 5.32 Å². The van der Waals surface area contributed by atoms with Crippen LogP contribution in [0, 0.1) is 11.6 Å². The van der Waals surface area contributed by atoms with Crippen LogP contribution in [0.5, 0.6) is 0 Å². The van der Waals surface area contributed by atoms with Gasteiger partial charge < -0.3 is 5.32 Å². The lowest BCUT2D eigenvalue weighted by molar-refractivity contribution is -0.139. The topological polar surface area (TPSA) is 46.2 Å². The van der Waals surface area contributed by atoms with Crippen molar-refractivity contribution in [2.45, 2.75) is 37.5 Å². The second-order valence-corrected chi connectivity index (χ2v) is 8.40. The molecule has 0 fully saturated rings. The van der Waals surface area contributed by atoms with Crippen LogP contribution in [-0.2, 0) is 4.79 Å². The quantitative estimate of drug-likeness (QED) is 0.194. The molecule has 196 valence electrons. The number of allylic oxidation sites excluding steroid dienone is 1. The summed E-state index contributed by atoms with van der Waals surface area (Å²) in [7, 11) is 0. The van der Waals surface area contributed by atoms with Crippen LogP contribution < -0.4 is 5.32 Å². The molecule has 0 saturated carbocycles. The van der Waals surface area contributed by atoms with Gasteiger partial charge in [-0.2, -0.15) is 26.3 Å². The second kappa shape index (κ2) is 12.1. The molecule has 13 heteroatoms. The summed E-state index contributed by atoms with van der Waals surface area (Å²) in [5, 5.41) is 0.430. The minimum Gasteiger partial charge on any atom is -0.347 e. The first-order valence-corrected chi connectivity index (χ1v) is 10.9. The van der Waals surface area contributed by atoms with E-state index in [1.807, 2.05) is 0 Å². The smallest absolute Gasteiger partial charge is 0.347 e. The molecule has 0 radical (unpaired) electrons. The van der Waals surface area contributed by atoms with Crippen molar-refractivity contribution in [2.75, 3.05) is 6.54 Å². The summed E-state index contributed by atoms with van der Waals surface area (Å²) in [6.07, 6.45) is -8.62. The van der Waals surface area contributed by atoms with E-state index in [1.165, 1.54) is 6.07 Å². The number of hydrogen-bond acceptors (Lipinski definition) is 2. The van der Waals surface area contributed by atoms with Crippen LogP contribution >= 0.6 is 23.2 Å². The van der Waals surface area contributed by atoms with Gasteiger partial charge in [0.05, 0.1) is 21.5 Å². The van der Waals surface area contributed by atoms with Crippen molar-refractivity contribution in [3.63, 3.8) is 0 Å². The van der Waals surface area contributed by atoms with E-state index in [-0.39, 0.29) is 24.8 Å². The summed E-state index contributed by atoms with van der Waals surface area (Å²) in [5.74, 6) is -6.03. The Morgan fingerprint density at radius 2 is 1.56 bits per heavy atom. The fourth-order valence-corrected chi connectivity index (χ4v) is 3.57. The minimum absolute atomic E-state index is 0.0239. The van der Waals surface area contributed by atoms with Gasteiger partial charge in [0.25, 0.3) is 0 Å². The number of rotatable bonds is 9. The normalized spacial score (nSPS) is 13.2. The molecule has 1 atom stereocenters. The molecule has 0 saturated heterocycles. The number of alkyl halides is 6. The number of carbonyl (C=O) groups excluding carboxylic acids is 2. The highest BCUT2D eigenvalue weighted by molar-refractivity contribution is 6.35. The van der Waals surface area contributed by atoms with Crippen molar-refractivity contribution in [3.05, 3.63) is 74.8 Å². The number of halogens is 10. The molecular formula is C23H17Cl2F8NO2. The predicted octanol–water partition coefficient (Wildman–Crippen LogP) is 7.66. The average molecular weight is 562 g/mol. The highest BCUT2D eigenvalue weighted by Crippen LogP contribution is 2.39. The molecule has 0 bridgehead atoms. The molecule has 0 aliphatic heterocycles. The zero-order valence-corrected chi connectivity index (χ0v) is 19.6. The molecule has 0 aliphatic carbocycles. The van der Waals surface area contributed by atoms with Crippen molar-refractivity contribution in [2.24, 2.45) is 0 Å². The maximum Gasteiger partial charge on any atom is 0.405 e. The van der Waals surface area contributed by atoms with E-state index in [4.69, 9.17) is 23.2 Å². The summed E-state index contributed by atoms with van der Waals surface area (Å²) in [5.41, 5.74) is -0.863. The SMILES string of the molecule is O=C(CCCC(=O)c1ccc(/C=C/C(c2cc(Cl)c(F)c(Cl)c2)C(F)(F)F)cc1F)NCC(F)(F)F. The van der Waals surface area contributed by atoms with Crippen LogP contribution in [0.2, 0.25) is 10.0 Å². The number of amides is 1. The van der Waals surface area contributed by atoms with Crippen LogP contribution in [0.3, 0.4) is 0 Å². The highest BCUT2D eigenvalue weighted by Gasteiger charge is 2.39. The van der Waals surface area contributed by atoms with Crippen LogP contribution in [0.15, 0.2) is 36.4 Å². The Kier molecular flexibility index (Phi) is 9.90. The molecule has 2 aromatic carbocycles. The van der Waals surface area contributed by atoms with Crippen molar-refractivity contribution >= 4 is 41.0 Å². The van der Waals surface area contributed by atoms with Crippen LogP contribution in [0.1, 0.15) is 46.7 Å². The molecule has 1 unspecified atom stereocenters. The zero-order valence-electron chi connectivity index (χ0n) is 18.0. The summed E-state index contributed by atoms with van der Waals surface area (Å²) < 4.78 is 105. The molecule has 0 aliphatic rings. The molecule has 1 amide bonds. The molecule has 0 spiro atoms. The van der Waals surface area contributed by atoms with Gasteiger partial charge in [-0.1, -0.05) is 41.4 Å². The Labute approximate surface area is 210 Å². The van der Waals surface area contributed by atoms with E-state index in [2.05, 4.69) is 0 Å². The summed E-state index contributed by atoms with van der Waals surface area (Å²) in [4.78, 5) is 23.5. The van der Waals surface area contributed by atoms with Crippen molar-refractivity contribution < 1.29 is 44.7 Å². The van der Waals surface area contributed by atoms with Crippen LogP contribution in [0.25, 0.3) is 6.08 Å². The van der Waals surface area contributed by atoms with Gasteiger partial charge in [-0.3, -0.25) is 9.59 Å². The second-order valence-electron chi connectivity index (χ2n) is 7.58. The third-order valence-corrected chi connectivity index (χ3v) is 5.34. The molecule has 3 nitrogen and oxygen atoms in total. The monoisotopic (exact) mass is 561 g/mol. The Morgan fingerprint density at radius 3 is 2.08 bits per heavy atom. The fraction of sp³-hybridized carbons (Fsp3) is 0.304. The zero-order chi connectivity index (χ0) is 27.3. The van der Waals surface area contributed by atoms with Crippen LogP contribution in [-0.4, -0.2) is 30.6 Å². The number of ketones is 1. The number of Topliss-reactive ketones (excluding diaryl/α,β-unsaturated/α-hetero) is 1. The molecule has 2 aromatic rings. The first-order chi connectivity index (χ1) is 16.6. The first kappa shape index (κ1) is 29.6. The Balaban J connectivity index is 2.09. The third kappa shape index (κ3) is 8.77. The lowest BCUT2D eigenvalue weighted by atomic mass is 9.96. The van der Waals surface area contributed by atoms with E-state index in [9.17, 15) is 44.7 Å². The molecule has 1 N–H and O–H groups in total. The van der Waals surface area contributed by atoms with E-state index in [1.54, 1.807) is 5.32 Å². The maximum absolute atomic E-state index is 14.4. The van der Waals surface area contributed by atoms with E-state index >= 15 is 0 Å². The number of hydrogen-bond donors (Lipinski definition) is 1. The van der Waals surface area contributed by atoms with E-state index in [0.717, 1.165) is 30.3 Å². The Morgan fingerprint density at radius 1 is 0.944 bits per heavy atom. The van der Waals surface area contributed by atoms with Gasteiger partial charge in [0, 0.05) is 12.8 Å². The fourth-order valence-electron chi connectivity index (χ4n) is 3.06. The standard InChI is InChI=1S/C23H17Cl2F8NO2/c24-16-9-13(10-17(25)21(16)27)15(23(31,32)33)7-5-12-4-6-14(18(26)8-12)19(35)2-1-3-20(36)34-11-22(28,29)30/h4-10,15H,1-3,11H2,(H,34,36)/b7-5+. The average Bonchev–Trinajstić information content (AvgIpc) is 2.74. The molecule has 0 aromatic heterocycles. The van der Waals surface area contributed by atoms with Gasteiger partial charge in [-0.05, 0) is 41.8 Å². The summed E-state index contributed by atoms with van der Waals surface area (Å²) in [6.45, 7) is -1.51. The van der Waals surface area contributed by atoms with Gasteiger partial charge >= 0.3 is 12.4 Å². The van der Waals surface area contributed by atoms with Gasteiger partial charge in [0.15, 0.2) is 11.6 Å². The largest absolute Gasteiger partial charge is 0.405 e. The lowest BCUT2D eigenvalue weighted by Crippen LogP contribution is -2.33. The third-order valence-electron chi connectivity index (χ3n) is 4.79. The maximum atomic E-state index is 14.4. The first-order valence-electron chi connectivity index (χ1n) is 10.1.